The summed E-state index contributed by atoms with van der Waals surface area (Å²) in [6.07, 6.45) is 0. The minimum absolute atomic E-state index is 0.0750. The summed E-state index contributed by atoms with van der Waals surface area (Å²) < 4.78 is 33.8. The molecule has 0 bridgehead atoms. The molecule has 0 radical (unpaired) electrons. The first-order chi connectivity index (χ1) is 12.2. The summed E-state index contributed by atoms with van der Waals surface area (Å²) in [5.74, 6) is -0.0781. The van der Waals surface area contributed by atoms with Crippen LogP contribution in [0.4, 0.5) is 5.69 Å². The molecule has 0 aliphatic carbocycles. The Balaban J connectivity index is 2.19. The average Bonchev–Trinajstić information content (AvgIpc) is 2.59. The summed E-state index contributed by atoms with van der Waals surface area (Å²) in [4.78, 5) is 12.7. The van der Waals surface area contributed by atoms with Crippen molar-refractivity contribution in [2.24, 2.45) is 5.92 Å². The normalized spacial score (nSPS) is 12.7. The summed E-state index contributed by atoms with van der Waals surface area (Å²) in [7, 11) is -2.34. The van der Waals surface area contributed by atoms with E-state index in [-0.39, 0.29) is 10.8 Å². The molecule has 2 N–H and O–H groups in total. The van der Waals surface area contributed by atoms with Gasteiger partial charge in [0.25, 0.3) is 0 Å². The summed E-state index contributed by atoms with van der Waals surface area (Å²) >= 11 is 2.15. The van der Waals surface area contributed by atoms with Crippen LogP contribution in [0.25, 0.3) is 0 Å². The molecule has 0 spiro atoms. The largest absolute Gasteiger partial charge is 0.497 e. The number of benzene rings is 2. The second kappa shape index (κ2) is 8.83. The van der Waals surface area contributed by atoms with E-state index in [9.17, 15) is 13.2 Å². The number of carbonyl (C=O) groups is 1. The SMILES string of the molecule is COc1ccc(S(=O)(=O)NC(C(=O)Nc2cccc(I)c2)C(C)C)cc1. The van der Waals surface area contributed by atoms with E-state index < -0.39 is 22.0 Å². The van der Waals surface area contributed by atoms with Gasteiger partial charge in [0.1, 0.15) is 11.8 Å². The van der Waals surface area contributed by atoms with E-state index in [0.717, 1.165) is 3.57 Å². The van der Waals surface area contributed by atoms with Gasteiger partial charge in [0, 0.05) is 9.26 Å². The second-order valence-corrected chi connectivity index (χ2v) is 8.98. The van der Waals surface area contributed by atoms with E-state index in [0.29, 0.717) is 11.4 Å². The molecular weight excluding hydrogens is 467 g/mol. The Bertz CT molecular complexity index is 867. The molecule has 0 heterocycles. The molecule has 1 amide bonds. The van der Waals surface area contributed by atoms with E-state index >= 15 is 0 Å². The van der Waals surface area contributed by atoms with Gasteiger partial charge in [0.2, 0.25) is 15.9 Å². The third-order valence-corrected chi connectivity index (χ3v) is 5.82. The van der Waals surface area contributed by atoms with Crippen LogP contribution in [0.15, 0.2) is 53.4 Å². The molecule has 0 aromatic heterocycles. The number of sulfonamides is 1. The molecule has 26 heavy (non-hydrogen) atoms. The Morgan fingerprint density at radius 3 is 2.31 bits per heavy atom. The number of ether oxygens (including phenoxy) is 1. The van der Waals surface area contributed by atoms with E-state index in [2.05, 4.69) is 32.6 Å². The van der Waals surface area contributed by atoms with Gasteiger partial charge in [-0.25, -0.2) is 8.42 Å². The zero-order chi connectivity index (χ0) is 19.3. The number of rotatable bonds is 7. The van der Waals surface area contributed by atoms with Crippen LogP contribution in [0.1, 0.15) is 13.8 Å². The zero-order valence-electron chi connectivity index (χ0n) is 14.7. The van der Waals surface area contributed by atoms with Crippen molar-refractivity contribution in [1.82, 2.24) is 4.72 Å². The first-order valence-electron chi connectivity index (χ1n) is 7.96. The Hall–Kier alpha value is -1.65. The summed E-state index contributed by atoms with van der Waals surface area (Å²) in [5.41, 5.74) is 0.621. The number of anilines is 1. The molecular formula is C18H21IN2O4S. The average molecular weight is 488 g/mol. The van der Waals surface area contributed by atoms with Crippen LogP contribution in [0, 0.1) is 9.49 Å². The maximum Gasteiger partial charge on any atom is 0.242 e. The summed E-state index contributed by atoms with van der Waals surface area (Å²) in [5, 5.41) is 2.77. The lowest BCUT2D eigenvalue weighted by molar-refractivity contribution is -0.118. The molecule has 0 saturated carbocycles. The maximum absolute atomic E-state index is 12.6. The molecule has 1 unspecified atom stereocenters. The van der Waals surface area contributed by atoms with Gasteiger partial charge < -0.3 is 10.1 Å². The van der Waals surface area contributed by atoms with Crippen molar-refractivity contribution in [2.45, 2.75) is 24.8 Å². The number of amides is 1. The van der Waals surface area contributed by atoms with Crippen LogP contribution < -0.4 is 14.8 Å². The van der Waals surface area contributed by atoms with Crippen molar-refractivity contribution in [2.75, 3.05) is 12.4 Å². The zero-order valence-corrected chi connectivity index (χ0v) is 17.7. The molecule has 2 rings (SSSR count). The second-order valence-electron chi connectivity index (χ2n) is 6.02. The van der Waals surface area contributed by atoms with Crippen molar-refractivity contribution in [3.63, 3.8) is 0 Å². The number of nitrogens with one attached hydrogen (secondary N) is 2. The molecule has 0 saturated heterocycles. The highest BCUT2D eigenvalue weighted by Gasteiger charge is 2.28. The first-order valence-corrected chi connectivity index (χ1v) is 10.5. The Morgan fingerprint density at radius 2 is 1.77 bits per heavy atom. The maximum atomic E-state index is 12.6. The van der Waals surface area contributed by atoms with Crippen LogP contribution >= 0.6 is 22.6 Å². The molecule has 6 nitrogen and oxygen atoms in total. The van der Waals surface area contributed by atoms with Gasteiger partial charge in [0.05, 0.1) is 12.0 Å². The van der Waals surface area contributed by atoms with Crippen molar-refractivity contribution in [3.8, 4) is 5.75 Å². The minimum Gasteiger partial charge on any atom is -0.497 e. The molecule has 1 atom stereocenters. The fraction of sp³-hybridized carbons (Fsp3) is 0.278. The van der Waals surface area contributed by atoms with E-state index in [1.807, 2.05) is 18.2 Å². The Labute approximate surface area is 167 Å². The van der Waals surface area contributed by atoms with Gasteiger partial charge in [-0.1, -0.05) is 19.9 Å². The van der Waals surface area contributed by atoms with E-state index in [4.69, 9.17) is 4.74 Å². The van der Waals surface area contributed by atoms with Crippen LogP contribution in [-0.4, -0.2) is 27.5 Å². The number of carbonyl (C=O) groups excluding carboxylic acids is 1. The van der Waals surface area contributed by atoms with Gasteiger partial charge in [0.15, 0.2) is 0 Å². The molecule has 0 fully saturated rings. The van der Waals surface area contributed by atoms with E-state index in [1.54, 1.807) is 32.0 Å². The minimum atomic E-state index is -3.84. The van der Waals surface area contributed by atoms with Gasteiger partial charge in [-0.15, -0.1) is 0 Å². The molecule has 0 aliphatic heterocycles. The molecule has 8 heteroatoms. The first kappa shape index (κ1) is 20.7. The molecule has 2 aromatic carbocycles. The van der Waals surface area contributed by atoms with Crippen molar-refractivity contribution in [1.29, 1.82) is 0 Å². The molecule has 2 aromatic rings. The summed E-state index contributed by atoms with van der Waals surface area (Å²) in [6, 6.07) is 12.4. The third-order valence-electron chi connectivity index (χ3n) is 3.69. The van der Waals surface area contributed by atoms with Gasteiger partial charge in [-0.2, -0.15) is 4.72 Å². The van der Waals surface area contributed by atoms with Crippen molar-refractivity contribution in [3.05, 3.63) is 52.1 Å². The highest BCUT2D eigenvalue weighted by atomic mass is 127. The van der Waals surface area contributed by atoms with Crippen molar-refractivity contribution >= 4 is 44.2 Å². The number of methoxy groups -OCH3 is 1. The lowest BCUT2D eigenvalue weighted by Gasteiger charge is -2.21. The predicted octanol–water partition coefficient (Wildman–Crippen LogP) is 3.24. The third kappa shape index (κ3) is 5.42. The van der Waals surface area contributed by atoms with Crippen LogP contribution in [-0.2, 0) is 14.8 Å². The van der Waals surface area contributed by atoms with Crippen LogP contribution in [0.5, 0.6) is 5.75 Å². The smallest absolute Gasteiger partial charge is 0.242 e. The number of hydrogen-bond acceptors (Lipinski definition) is 4. The standard InChI is InChI=1S/C18H21IN2O4S/c1-12(2)17(18(22)20-14-6-4-5-13(19)11-14)21-26(23,24)16-9-7-15(25-3)8-10-16/h4-12,17,21H,1-3H3,(H,20,22). The molecule has 140 valence electrons. The quantitative estimate of drug-likeness (QED) is 0.587. The van der Waals surface area contributed by atoms with Gasteiger partial charge >= 0.3 is 0 Å². The van der Waals surface area contributed by atoms with Gasteiger partial charge in [-0.3, -0.25) is 4.79 Å². The Kier molecular flexibility index (Phi) is 7.01. The monoisotopic (exact) mass is 488 g/mol. The summed E-state index contributed by atoms with van der Waals surface area (Å²) in [6.45, 7) is 3.57. The predicted molar refractivity (Wildman–Crippen MR) is 110 cm³/mol. The van der Waals surface area contributed by atoms with Crippen LogP contribution in [0.3, 0.4) is 0 Å². The Morgan fingerprint density at radius 1 is 1.12 bits per heavy atom. The number of hydrogen-bond donors (Lipinski definition) is 2. The number of halogens is 1. The molecule has 0 aliphatic rings. The van der Waals surface area contributed by atoms with E-state index in [1.165, 1.54) is 19.2 Å². The fourth-order valence-electron chi connectivity index (χ4n) is 2.27. The van der Waals surface area contributed by atoms with Crippen LogP contribution in [0.2, 0.25) is 0 Å². The van der Waals surface area contributed by atoms with Gasteiger partial charge in [-0.05, 0) is 71.0 Å². The lowest BCUT2D eigenvalue weighted by atomic mass is 10.0. The lowest BCUT2D eigenvalue weighted by Crippen LogP contribution is -2.47. The highest BCUT2D eigenvalue weighted by molar-refractivity contribution is 14.1. The van der Waals surface area contributed by atoms with Crippen molar-refractivity contribution < 1.29 is 17.9 Å². The topological polar surface area (TPSA) is 84.5 Å². The highest BCUT2D eigenvalue weighted by Crippen LogP contribution is 2.18. The fourth-order valence-corrected chi connectivity index (χ4v) is 4.16.